The van der Waals surface area contributed by atoms with Crippen molar-refractivity contribution in [1.82, 2.24) is 15.0 Å². The molecule has 2 heterocycles. The molecule has 27 heavy (non-hydrogen) atoms. The highest BCUT2D eigenvalue weighted by Crippen LogP contribution is 2.08. The third-order valence-corrected chi connectivity index (χ3v) is 3.68. The van der Waals surface area contributed by atoms with Gasteiger partial charge in [-0.25, -0.2) is 4.79 Å². The Hall–Kier alpha value is -3.81. The predicted molar refractivity (Wildman–Crippen MR) is 97.7 cm³/mol. The van der Waals surface area contributed by atoms with E-state index in [1.807, 2.05) is 30.3 Å². The number of ether oxygens (including phenoxy) is 1. The zero-order valence-electron chi connectivity index (χ0n) is 14.3. The number of benzene rings is 1. The first-order valence-corrected chi connectivity index (χ1v) is 8.23. The number of aromatic nitrogens is 2. The van der Waals surface area contributed by atoms with E-state index in [0.717, 1.165) is 5.56 Å². The molecule has 0 aliphatic heterocycles. The molecule has 2 aromatic heterocycles. The molecule has 138 valence electrons. The molecule has 0 saturated carbocycles. The molecule has 0 unspecified atom stereocenters. The summed E-state index contributed by atoms with van der Waals surface area (Å²) in [7, 11) is 0. The lowest BCUT2D eigenvalue weighted by atomic mass is 10.2. The van der Waals surface area contributed by atoms with Crippen LogP contribution in [0.25, 0.3) is 0 Å². The number of hydrogen-bond acceptors (Lipinski definition) is 4. The molecule has 3 N–H and O–H groups in total. The number of nitrogens with zero attached hydrogens (tertiary/aromatic N) is 1. The van der Waals surface area contributed by atoms with Gasteiger partial charge in [0.25, 0.3) is 5.91 Å². The maximum Gasteiger partial charge on any atom is 0.407 e. The van der Waals surface area contributed by atoms with Crippen LogP contribution in [-0.4, -0.2) is 34.0 Å². The van der Waals surface area contributed by atoms with E-state index in [1.165, 1.54) is 4.68 Å². The van der Waals surface area contributed by atoms with E-state index in [1.54, 1.807) is 36.7 Å². The lowest BCUT2D eigenvalue weighted by molar-refractivity contribution is -0.116. The van der Waals surface area contributed by atoms with Gasteiger partial charge in [0.1, 0.15) is 18.8 Å². The van der Waals surface area contributed by atoms with E-state index in [0.29, 0.717) is 5.69 Å². The molecule has 0 aliphatic carbocycles. The molecule has 2 amide bonds. The highest BCUT2D eigenvalue weighted by Gasteiger charge is 2.15. The van der Waals surface area contributed by atoms with Gasteiger partial charge >= 0.3 is 6.09 Å². The molecule has 0 atom stereocenters. The summed E-state index contributed by atoms with van der Waals surface area (Å²) in [6.07, 6.45) is 2.48. The van der Waals surface area contributed by atoms with Gasteiger partial charge in [0, 0.05) is 12.4 Å². The van der Waals surface area contributed by atoms with E-state index >= 15 is 0 Å². The third kappa shape index (κ3) is 4.85. The minimum absolute atomic E-state index is 0.112. The first-order chi connectivity index (χ1) is 13.1. The first kappa shape index (κ1) is 18.0. The molecular weight excluding hydrogens is 348 g/mol. The van der Waals surface area contributed by atoms with Crippen LogP contribution >= 0.6 is 0 Å². The maximum absolute atomic E-state index is 12.4. The van der Waals surface area contributed by atoms with Crippen LogP contribution in [0.5, 0.6) is 0 Å². The van der Waals surface area contributed by atoms with E-state index in [9.17, 15) is 14.4 Å². The summed E-state index contributed by atoms with van der Waals surface area (Å²) in [6.45, 7) is -0.178. The molecule has 3 rings (SSSR count). The summed E-state index contributed by atoms with van der Waals surface area (Å²) in [5.41, 5.74) is 4.08. The first-order valence-electron chi connectivity index (χ1n) is 8.23. The topological polar surface area (TPSA) is 105 Å². The normalized spacial score (nSPS) is 10.2. The number of nitrogens with one attached hydrogen (secondary N) is 3. The van der Waals surface area contributed by atoms with Gasteiger partial charge in [-0.1, -0.05) is 30.3 Å². The molecular formula is C19H18N4O4. The average molecular weight is 366 g/mol. The number of alkyl carbamates (subject to hydrolysis) is 1. The standard InChI is InChI=1S/C19H18N4O4/c24-17(12-21-19(26)27-13-14-6-2-1-3-7-14)22-23-11-5-9-16(23)18(25)15-8-4-10-20-15/h1-11,20H,12-13H2,(H,21,26)(H,22,24). The van der Waals surface area contributed by atoms with Gasteiger partial charge in [0.2, 0.25) is 5.78 Å². The number of aromatic amines is 1. The van der Waals surface area contributed by atoms with Crippen molar-refractivity contribution in [3.63, 3.8) is 0 Å². The van der Waals surface area contributed by atoms with E-state index < -0.39 is 12.0 Å². The molecule has 0 radical (unpaired) electrons. The number of H-pyrrole nitrogens is 1. The summed E-state index contributed by atoms with van der Waals surface area (Å²) in [4.78, 5) is 38.9. The van der Waals surface area contributed by atoms with Crippen LogP contribution in [0.2, 0.25) is 0 Å². The zero-order chi connectivity index (χ0) is 19.1. The smallest absolute Gasteiger partial charge is 0.407 e. The summed E-state index contributed by atoms with van der Waals surface area (Å²) in [5.74, 6) is -0.760. The second-order valence-electron chi connectivity index (χ2n) is 5.63. The number of hydrogen-bond donors (Lipinski definition) is 3. The Morgan fingerprint density at radius 2 is 1.81 bits per heavy atom. The second kappa shape index (κ2) is 8.52. The van der Waals surface area contributed by atoms with Gasteiger partial charge in [-0.3, -0.25) is 19.7 Å². The Morgan fingerprint density at radius 3 is 2.56 bits per heavy atom. The quantitative estimate of drug-likeness (QED) is 0.557. The number of amides is 2. The van der Waals surface area contributed by atoms with Gasteiger partial charge in [-0.05, 0) is 29.8 Å². The fraction of sp³-hybridized carbons (Fsp3) is 0.105. The van der Waals surface area contributed by atoms with E-state index in [-0.39, 0.29) is 24.6 Å². The monoisotopic (exact) mass is 366 g/mol. The molecule has 0 bridgehead atoms. The number of rotatable bonds is 7. The lowest BCUT2D eigenvalue weighted by Gasteiger charge is -2.11. The largest absolute Gasteiger partial charge is 0.445 e. The van der Waals surface area contributed by atoms with Crippen molar-refractivity contribution in [3.05, 3.63) is 83.9 Å². The fourth-order valence-electron chi connectivity index (χ4n) is 2.37. The van der Waals surface area contributed by atoms with E-state index in [4.69, 9.17) is 4.74 Å². The summed E-state index contributed by atoms with van der Waals surface area (Å²) in [6, 6.07) is 15.8. The van der Waals surface area contributed by atoms with Crippen LogP contribution < -0.4 is 10.7 Å². The van der Waals surface area contributed by atoms with Crippen molar-refractivity contribution in [2.75, 3.05) is 12.0 Å². The summed E-state index contributed by atoms with van der Waals surface area (Å²) in [5, 5.41) is 2.36. The SMILES string of the molecule is O=C(CNC(=O)OCc1ccccc1)Nn1cccc1C(=O)c1ccc[nH]1. The van der Waals surface area contributed by atoms with Crippen molar-refractivity contribution < 1.29 is 19.1 Å². The lowest BCUT2D eigenvalue weighted by Crippen LogP contribution is -2.36. The third-order valence-electron chi connectivity index (χ3n) is 3.68. The zero-order valence-corrected chi connectivity index (χ0v) is 14.3. The molecule has 8 heteroatoms. The Labute approximate surface area is 155 Å². The molecule has 0 spiro atoms. The van der Waals surface area contributed by atoms with Crippen LogP contribution in [0.3, 0.4) is 0 Å². The van der Waals surface area contributed by atoms with Gasteiger partial charge in [-0.15, -0.1) is 0 Å². The fourth-order valence-corrected chi connectivity index (χ4v) is 2.37. The average Bonchev–Trinajstić information content (AvgIpc) is 3.37. The van der Waals surface area contributed by atoms with Crippen molar-refractivity contribution in [2.45, 2.75) is 6.61 Å². The number of ketones is 1. The molecule has 3 aromatic rings. The van der Waals surface area contributed by atoms with Gasteiger partial charge in [0.15, 0.2) is 0 Å². The summed E-state index contributed by atoms with van der Waals surface area (Å²) < 4.78 is 6.34. The van der Waals surface area contributed by atoms with Crippen molar-refractivity contribution in [3.8, 4) is 0 Å². The highest BCUT2D eigenvalue weighted by atomic mass is 16.5. The molecule has 0 saturated heterocycles. The van der Waals surface area contributed by atoms with E-state index in [2.05, 4.69) is 15.7 Å². The van der Waals surface area contributed by atoms with Crippen LogP contribution in [-0.2, 0) is 16.1 Å². The molecule has 8 nitrogen and oxygen atoms in total. The molecule has 0 fully saturated rings. The van der Waals surface area contributed by atoms with Gasteiger partial charge in [0.05, 0.1) is 5.69 Å². The minimum atomic E-state index is -0.704. The van der Waals surface area contributed by atoms with Crippen LogP contribution in [0.1, 0.15) is 21.7 Å². The van der Waals surface area contributed by atoms with Crippen LogP contribution in [0, 0.1) is 0 Å². The minimum Gasteiger partial charge on any atom is -0.445 e. The number of carbonyl (C=O) groups is 3. The second-order valence-corrected chi connectivity index (χ2v) is 5.63. The van der Waals surface area contributed by atoms with Crippen molar-refractivity contribution >= 4 is 17.8 Å². The Bertz CT molecular complexity index is 916. The van der Waals surface area contributed by atoms with Crippen LogP contribution in [0.15, 0.2) is 67.0 Å². The van der Waals surface area contributed by atoms with Crippen molar-refractivity contribution in [1.29, 1.82) is 0 Å². The number of carbonyl (C=O) groups excluding carboxylic acids is 3. The Balaban J connectivity index is 1.48. The Kier molecular flexibility index (Phi) is 5.68. The predicted octanol–water partition coefficient (Wildman–Crippen LogP) is 2.04. The highest BCUT2D eigenvalue weighted by molar-refractivity contribution is 6.07. The van der Waals surface area contributed by atoms with Gasteiger partial charge in [-0.2, -0.15) is 0 Å². The van der Waals surface area contributed by atoms with Gasteiger partial charge < -0.3 is 15.0 Å². The summed E-state index contributed by atoms with van der Waals surface area (Å²) >= 11 is 0. The van der Waals surface area contributed by atoms with Crippen LogP contribution in [0.4, 0.5) is 4.79 Å². The molecule has 0 aliphatic rings. The molecule has 1 aromatic carbocycles. The van der Waals surface area contributed by atoms with Crippen molar-refractivity contribution in [2.24, 2.45) is 0 Å². The Morgan fingerprint density at radius 1 is 1.00 bits per heavy atom. The maximum atomic E-state index is 12.4.